The molecule has 0 atom stereocenters. The minimum atomic E-state index is -0.609. The molecule has 1 aliphatic carbocycles. The van der Waals surface area contributed by atoms with E-state index in [9.17, 15) is 5.11 Å². The predicted molar refractivity (Wildman–Crippen MR) is 72.9 cm³/mol. The Balaban J connectivity index is 1.97. The minimum absolute atomic E-state index is 0.241. The maximum Gasteiger partial charge on any atom is 0.224 e. The van der Waals surface area contributed by atoms with Crippen molar-refractivity contribution in [1.29, 1.82) is 0 Å². The zero-order chi connectivity index (χ0) is 13.0. The maximum absolute atomic E-state index is 10.5. The average molecular weight is 270 g/mol. The number of aliphatic hydroxyl groups is 1. The molecule has 1 aromatic rings. The van der Waals surface area contributed by atoms with Crippen molar-refractivity contribution in [3.8, 4) is 0 Å². The molecule has 0 spiro atoms. The lowest BCUT2D eigenvalue weighted by Crippen LogP contribution is -2.36. The molecule has 100 valence electrons. The van der Waals surface area contributed by atoms with Crippen molar-refractivity contribution < 1.29 is 5.11 Å². The Labute approximate surface area is 113 Å². The number of aryl methyl sites for hydroxylation is 1. The van der Waals surface area contributed by atoms with E-state index in [1.807, 2.05) is 13.0 Å². The summed E-state index contributed by atoms with van der Waals surface area (Å²) in [5.74, 6) is 0.685. The lowest BCUT2D eigenvalue weighted by Gasteiger charge is -2.27. The molecule has 5 heteroatoms. The van der Waals surface area contributed by atoms with E-state index in [2.05, 4.69) is 15.3 Å². The summed E-state index contributed by atoms with van der Waals surface area (Å²) in [6.07, 6.45) is 6.36. The van der Waals surface area contributed by atoms with Crippen LogP contribution in [0.2, 0.25) is 5.28 Å². The molecular weight excluding hydrogens is 250 g/mol. The van der Waals surface area contributed by atoms with E-state index in [-0.39, 0.29) is 5.28 Å². The van der Waals surface area contributed by atoms with Crippen LogP contribution in [0.1, 0.15) is 44.2 Å². The highest BCUT2D eigenvalue weighted by atomic mass is 35.5. The van der Waals surface area contributed by atoms with E-state index in [0.29, 0.717) is 12.4 Å². The van der Waals surface area contributed by atoms with E-state index in [1.54, 1.807) is 0 Å². The number of anilines is 1. The number of aromatic nitrogens is 2. The lowest BCUT2D eigenvalue weighted by molar-refractivity contribution is 0.0380. The van der Waals surface area contributed by atoms with Crippen molar-refractivity contribution in [2.75, 3.05) is 11.9 Å². The van der Waals surface area contributed by atoms with Crippen molar-refractivity contribution in [3.05, 3.63) is 17.0 Å². The van der Waals surface area contributed by atoms with E-state index in [1.165, 1.54) is 12.8 Å². The first-order valence-corrected chi connectivity index (χ1v) is 6.93. The van der Waals surface area contributed by atoms with Gasteiger partial charge in [0.25, 0.3) is 0 Å². The van der Waals surface area contributed by atoms with Crippen LogP contribution >= 0.6 is 11.6 Å². The Morgan fingerprint density at radius 1 is 1.28 bits per heavy atom. The molecule has 0 radical (unpaired) electrons. The second-order valence-corrected chi connectivity index (χ2v) is 5.49. The van der Waals surface area contributed by atoms with Crippen LogP contribution in [-0.4, -0.2) is 27.2 Å². The molecule has 4 nitrogen and oxygen atoms in total. The molecule has 0 aromatic carbocycles. The highest BCUT2D eigenvalue weighted by Gasteiger charge is 2.27. The summed E-state index contributed by atoms with van der Waals surface area (Å²) >= 11 is 5.81. The van der Waals surface area contributed by atoms with Crippen molar-refractivity contribution in [2.45, 2.75) is 51.0 Å². The average Bonchev–Trinajstić information content (AvgIpc) is 2.51. The van der Waals surface area contributed by atoms with Gasteiger partial charge in [0.2, 0.25) is 5.28 Å². The third-order valence-corrected chi connectivity index (χ3v) is 3.63. The molecule has 1 aliphatic rings. The van der Waals surface area contributed by atoms with Crippen molar-refractivity contribution in [3.63, 3.8) is 0 Å². The molecule has 18 heavy (non-hydrogen) atoms. The van der Waals surface area contributed by atoms with Gasteiger partial charge in [0.05, 0.1) is 5.60 Å². The summed E-state index contributed by atoms with van der Waals surface area (Å²) in [4.78, 5) is 8.12. The molecular formula is C13H20ClN3O. The molecule has 1 heterocycles. The van der Waals surface area contributed by atoms with E-state index < -0.39 is 5.60 Å². The highest BCUT2D eigenvalue weighted by molar-refractivity contribution is 6.28. The minimum Gasteiger partial charge on any atom is -0.388 e. The Kier molecular flexibility index (Phi) is 4.40. The maximum atomic E-state index is 10.5. The van der Waals surface area contributed by atoms with Crippen LogP contribution in [-0.2, 0) is 0 Å². The molecule has 0 amide bonds. The SMILES string of the molecule is Cc1cc(NCC2(O)CCCCCC2)nc(Cl)n1. The van der Waals surface area contributed by atoms with Gasteiger partial charge in [-0.05, 0) is 31.4 Å². The second kappa shape index (κ2) is 5.85. The molecule has 2 N–H and O–H groups in total. The summed E-state index contributed by atoms with van der Waals surface area (Å²) in [6.45, 7) is 2.40. The van der Waals surface area contributed by atoms with Crippen LogP contribution < -0.4 is 5.32 Å². The fourth-order valence-corrected chi connectivity index (χ4v) is 2.67. The molecule has 0 saturated heterocycles. The molecule has 2 rings (SSSR count). The van der Waals surface area contributed by atoms with E-state index >= 15 is 0 Å². The topological polar surface area (TPSA) is 58.0 Å². The highest BCUT2D eigenvalue weighted by Crippen LogP contribution is 2.27. The van der Waals surface area contributed by atoms with Gasteiger partial charge >= 0.3 is 0 Å². The molecule has 1 aromatic heterocycles. The number of rotatable bonds is 3. The number of hydrogen-bond donors (Lipinski definition) is 2. The number of nitrogens with zero attached hydrogens (tertiary/aromatic N) is 2. The smallest absolute Gasteiger partial charge is 0.224 e. The fraction of sp³-hybridized carbons (Fsp3) is 0.692. The largest absolute Gasteiger partial charge is 0.388 e. The zero-order valence-corrected chi connectivity index (χ0v) is 11.5. The molecule has 0 aliphatic heterocycles. The van der Waals surface area contributed by atoms with Gasteiger partial charge in [0.15, 0.2) is 0 Å². The fourth-order valence-electron chi connectivity index (χ4n) is 2.44. The van der Waals surface area contributed by atoms with Gasteiger partial charge in [-0.3, -0.25) is 0 Å². The molecule has 0 unspecified atom stereocenters. The number of hydrogen-bond acceptors (Lipinski definition) is 4. The quantitative estimate of drug-likeness (QED) is 0.654. The Hall–Kier alpha value is -0.870. The number of halogens is 1. The lowest BCUT2D eigenvalue weighted by atomic mass is 9.94. The van der Waals surface area contributed by atoms with Gasteiger partial charge in [-0.2, -0.15) is 0 Å². The van der Waals surface area contributed by atoms with Crippen molar-refractivity contribution in [2.24, 2.45) is 0 Å². The third-order valence-electron chi connectivity index (χ3n) is 3.46. The Bertz CT molecular complexity index is 383. The van der Waals surface area contributed by atoms with Gasteiger partial charge in [-0.15, -0.1) is 0 Å². The van der Waals surface area contributed by atoms with Gasteiger partial charge in [-0.1, -0.05) is 25.7 Å². The predicted octanol–water partition coefficient (Wildman–Crippen LogP) is 2.94. The van der Waals surface area contributed by atoms with Crippen LogP contribution in [0.25, 0.3) is 0 Å². The summed E-state index contributed by atoms with van der Waals surface area (Å²) in [6, 6.07) is 1.84. The Morgan fingerprint density at radius 3 is 2.56 bits per heavy atom. The Morgan fingerprint density at radius 2 is 1.94 bits per heavy atom. The first-order valence-electron chi connectivity index (χ1n) is 6.55. The van der Waals surface area contributed by atoms with Crippen LogP contribution in [0.5, 0.6) is 0 Å². The number of nitrogens with one attached hydrogen (secondary N) is 1. The molecule has 1 saturated carbocycles. The monoisotopic (exact) mass is 269 g/mol. The van der Waals surface area contributed by atoms with Gasteiger partial charge in [0.1, 0.15) is 5.82 Å². The molecule has 0 bridgehead atoms. The standard InChI is InChI=1S/C13H20ClN3O/c1-10-8-11(17-12(14)16-10)15-9-13(18)6-4-2-3-5-7-13/h8,18H,2-7,9H2,1H3,(H,15,16,17). The first kappa shape index (κ1) is 13.6. The van der Waals surface area contributed by atoms with E-state index in [0.717, 1.165) is 31.4 Å². The summed E-state index contributed by atoms with van der Waals surface area (Å²) in [7, 11) is 0. The normalized spacial score (nSPS) is 19.3. The third kappa shape index (κ3) is 3.82. The molecule has 1 fully saturated rings. The van der Waals surface area contributed by atoms with Crippen LogP contribution in [0, 0.1) is 6.92 Å². The van der Waals surface area contributed by atoms with Crippen LogP contribution in [0.3, 0.4) is 0 Å². The summed E-state index contributed by atoms with van der Waals surface area (Å²) in [5.41, 5.74) is 0.215. The van der Waals surface area contributed by atoms with Crippen LogP contribution in [0.15, 0.2) is 6.07 Å². The van der Waals surface area contributed by atoms with Crippen molar-refractivity contribution in [1.82, 2.24) is 9.97 Å². The zero-order valence-electron chi connectivity index (χ0n) is 10.7. The van der Waals surface area contributed by atoms with Gasteiger partial charge in [0, 0.05) is 18.3 Å². The second-order valence-electron chi connectivity index (χ2n) is 5.16. The first-order chi connectivity index (χ1) is 8.57. The van der Waals surface area contributed by atoms with Crippen LogP contribution in [0.4, 0.5) is 5.82 Å². The van der Waals surface area contributed by atoms with Crippen molar-refractivity contribution >= 4 is 17.4 Å². The summed E-state index contributed by atoms with van der Waals surface area (Å²) < 4.78 is 0. The van der Waals surface area contributed by atoms with Gasteiger partial charge < -0.3 is 10.4 Å². The van der Waals surface area contributed by atoms with Gasteiger partial charge in [-0.25, -0.2) is 9.97 Å². The van der Waals surface area contributed by atoms with E-state index in [4.69, 9.17) is 11.6 Å². The summed E-state index contributed by atoms with van der Waals surface area (Å²) in [5, 5.41) is 13.9.